The molecular weight excluding hydrogens is 310 g/mol. The van der Waals surface area contributed by atoms with Crippen LogP contribution in [0.1, 0.15) is 17.8 Å². The normalized spacial score (nSPS) is 12.9. The molecule has 0 aliphatic carbocycles. The first-order chi connectivity index (χ1) is 9.97. The Labute approximate surface area is 128 Å². The Bertz CT molecular complexity index is 696. The van der Waals surface area contributed by atoms with E-state index < -0.39 is 10.0 Å². The molecule has 0 radical (unpaired) electrons. The number of thiophene rings is 1. The second kappa shape index (κ2) is 6.46. The number of hydrogen-bond acceptors (Lipinski definition) is 5. The van der Waals surface area contributed by atoms with Crippen molar-refractivity contribution < 1.29 is 17.9 Å². The van der Waals surface area contributed by atoms with Gasteiger partial charge in [0.05, 0.1) is 25.2 Å². The van der Waals surface area contributed by atoms with Gasteiger partial charge < -0.3 is 9.47 Å². The van der Waals surface area contributed by atoms with E-state index in [-0.39, 0.29) is 10.9 Å². The van der Waals surface area contributed by atoms with Gasteiger partial charge in [0.25, 0.3) is 0 Å². The lowest BCUT2D eigenvalue weighted by atomic mass is 10.3. The topological polar surface area (TPSA) is 64.6 Å². The van der Waals surface area contributed by atoms with Gasteiger partial charge in [-0.05, 0) is 30.5 Å². The number of rotatable bonds is 6. The van der Waals surface area contributed by atoms with Crippen LogP contribution in [0.25, 0.3) is 0 Å². The first kappa shape index (κ1) is 15.8. The van der Waals surface area contributed by atoms with Crippen LogP contribution in [0, 0.1) is 0 Å². The van der Waals surface area contributed by atoms with E-state index in [0.717, 1.165) is 4.88 Å². The van der Waals surface area contributed by atoms with Gasteiger partial charge >= 0.3 is 0 Å². The predicted octanol–water partition coefficient (Wildman–Crippen LogP) is 2.80. The molecule has 0 aliphatic heterocycles. The highest BCUT2D eigenvalue weighted by Gasteiger charge is 2.20. The van der Waals surface area contributed by atoms with Crippen molar-refractivity contribution in [1.29, 1.82) is 0 Å². The van der Waals surface area contributed by atoms with E-state index in [9.17, 15) is 8.42 Å². The Morgan fingerprint density at radius 1 is 1.14 bits per heavy atom. The Hall–Kier alpha value is -1.57. The van der Waals surface area contributed by atoms with E-state index in [1.54, 1.807) is 6.07 Å². The lowest BCUT2D eigenvalue weighted by molar-refractivity contribution is 0.354. The summed E-state index contributed by atoms with van der Waals surface area (Å²) in [5.74, 6) is 0.868. The number of benzene rings is 1. The van der Waals surface area contributed by atoms with Crippen LogP contribution in [0.2, 0.25) is 0 Å². The highest BCUT2D eigenvalue weighted by molar-refractivity contribution is 7.89. The molecule has 114 valence electrons. The lowest BCUT2D eigenvalue weighted by Crippen LogP contribution is -2.26. The molecular formula is C14H17NO4S2. The third-order valence-corrected chi connectivity index (χ3v) is 5.56. The zero-order valence-electron chi connectivity index (χ0n) is 12.0. The standard InChI is InChI=1S/C14H17NO4S2/c1-10(14-5-4-8-20-14)15-21(16,17)11-6-7-12(18-2)13(9-11)19-3/h4-10,15H,1-3H3/t10-/m0/s1. The van der Waals surface area contributed by atoms with Crippen LogP contribution >= 0.6 is 11.3 Å². The van der Waals surface area contributed by atoms with Crippen LogP contribution < -0.4 is 14.2 Å². The predicted molar refractivity (Wildman–Crippen MR) is 82.6 cm³/mol. The maximum Gasteiger partial charge on any atom is 0.241 e. The van der Waals surface area contributed by atoms with E-state index in [4.69, 9.17) is 9.47 Å². The van der Waals surface area contributed by atoms with Crippen LogP contribution in [0.3, 0.4) is 0 Å². The molecule has 1 aromatic carbocycles. The maximum absolute atomic E-state index is 12.4. The largest absolute Gasteiger partial charge is 0.493 e. The van der Waals surface area contributed by atoms with Crippen molar-refractivity contribution in [1.82, 2.24) is 4.72 Å². The molecule has 1 atom stereocenters. The number of methoxy groups -OCH3 is 2. The molecule has 0 spiro atoms. The average molecular weight is 327 g/mol. The summed E-state index contributed by atoms with van der Waals surface area (Å²) in [7, 11) is -0.651. The molecule has 0 aliphatic rings. The molecule has 0 unspecified atom stereocenters. The average Bonchev–Trinajstić information content (AvgIpc) is 3.00. The van der Waals surface area contributed by atoms with Crippen molar-refractivity contribution in [3.05, 3.63) is 40.6 Å². The molecule has 7 heteroatoms. The van der Waals surface area contributed by atoms with Gasteiger partial charge in [0, 0.05) is 10.9 Å². The first-order valence-electron chi connectivity index (χ1n) is 6.25. The van der Waals surface area contributed by atoms with Crippen LogP contribution in [0.5, 0.6) is 11.5 Å². The lowest BCUT2D eigenvalue weighted by Gasteiger charge is -2.14. The van der Waals surface area contributed by atoms with Gasteiger partial charge in [0.1, 0.15) is 0 Å². The Kier molecular flexibility index (Phi) is 4.87. The van der Waals surface area contributed by atoms with Crippen LogP contribution in [0.15, 0.2) is 40.6 Å². The summed E-state index contributed by atoms with van der Waals surface area (Å²) in [6.45, 7) is 1.81. The fourth-order valence-corrected chi connectivity index (χ4v) is 3.93. The molecule has 0 saturated heterocycles. The van der Waals surface area contributed by atoms with Crippen molar-refractivity contribution >= 4 is 21.4 Å². The van der Waals surface area contributed by atoms with Gasteiger partial charge in [-0.2, -0.15) is 0 Å². The van der Waals surface area contributed by atoms with Gasteiger partial charge in [-0.25, -0.2) is 13.1 Å². The van der Waals surface area contributed by atoms with Crippen molar-refractivity contribution in [3.8, 4) is 11.5 Å². The fraction of sp³-hybridized carbons (Fsp3) is 0.286. The minimum atomic E-state index is -3.62. The molecule has 2 aromatic rings. The molecule has 0 saturated carbocycles. The third-order valence-electron chi connectivity index (χ3n) is 2.97. The number of sulfonamides is 1. The van der Waals surface area contributed by atoms with E-state index in [2.05, 4.69) is 4.72 Å². The summed E-state index contributed by atoms with van der Waals surface area (Å²) in [6, 6.07) is 8.01. The van der Waals surface area contributed by atoms with Crippen molar-refractivity contribution in [2.24, 2.45) is 0 Å². The first-order valence-corrected chi connectivity index (χ1v) is 8.62. The quantitative estimate of drug-likeness (QED) is 0.886. The van der Waals surface area contributed by atoms with E-state index in [1.807, 2.05) is 24.4 Å². The minimum absolute atomic E-state index is 0.142. The number of nitrogens with one attached hydrogen (secondary N) is 1. The third kappa shape index (κ3) is 3.55. The minimum Gasteiger partial charge on any atom is -0.493 e. The molecule has 1 N–H and O–H groups in total. The maximum atomic E-state index is 12.4. The molecule has 0 fully saturated rings. The number of ether oxygens (including phenoxy) is 2. The van der Waals surface area contributed by atoms with Gasteiger partial charge in [-0.15, -0.1) is 11.3 Å². The Morgan fingerprint density at radius 2 is 1.86 bits per heavy atom. The highest BCUT2D eigenvalue weighted by Crippen LogP contribution is 2.30. The second-order valence-corrected chi connectivity index (χ2v) is 7.07. The highest BCUT2D eigenvalue weighted by atomic mass is 32.2. The van der Waals surface area contributed by atoms with Crippen LogP contribution in [-0.4, -0.2) is 22.6 Å². The summed E-state index contributed by atoms with van der Waals surface area (Å²) in [5.41, 5.74) is 0. The van der Waals surface area contributed by atoms with E-state index in [0.29, 0.717) is 11.5 Å². The van der Waals surface area contributed by atoms with E-state index in [1.165, 1.54) is 37.7 Å². The van der Waals surface area contributed by atoms with Crippen LogP contribution in [-0.2, 0) is 10.0 Å². The molecule has 2 rings (SSSR count). The van der Waals surface area contributed by atoms with Crippen molar-refractivity contribution in [3.63, 3.8) is 0 Å². The molecule has 5 nitrogen and oxygen atoms in total. The van der Waals surface area contributed by atoms with Gasteiger partial charge in [0.15, 0.2) is 11.5 Å². The van der Waals surface area contributed by atoms with Gasteiger partial charge in [0.2, 0.25) is 10.0 Å². The smallest absolute Gasteiger partial charge is 0.241 e. The van der Waals surface area contributed by atoms with E-state index >= 15 is 0 Å². The SMILES string of the molecule is COc1ccc(S(=O)(=O)N[C@@H](C)c2cccs2)cc1OC. The summed E-state index contributed by atoms with van der Waals surface area (Å²) < 4.78 is 37.7. The van der Waals surface area contributed by atoms with Crippen LogP contribution in [0.4, 0.5) is 0 Å². The summed E-state index contributed by atoms with van der Waals surface area (Å²) in [6.07, 6.45) is 0. The monoisotopic (exact) mass is 327 g/mol. The van der Waals surface area contributed by atoms with Gasteiger partial charge in [-0.1, -0.05) is 6.07 Å². The summed E-state index contributed by atoms with van der Waals surface area (Å²) in [5, 5.41) is 1.91. The van der Waals surface area contributed by atoms with Crippen molar-refractivity contribution in [2.45, 2.75) is 17.9 Å². The summed E-state index contributed by atoms with van der Waals surface area (Å²) >= 11 is 1.51. The van der Waals surface area contributed by atoms with Crippen molar-refractivity contribution in [2.75, 3.05) is 14.2 Å². The number of hydrogen-bond donors (Lipinski definition) is 1. The zero-order chi connectivity index (χ0) is 15.5. The molecule has 1 heterocycles. The molecule has 21 heavy (non-hydrogen) atoms. The molecule has 0 amide bonds. The Morgan fingerprint density at radius 3 is 2.43 bits per heavy atom. The molecule has 0 bridgehead atoms. The Balaban J connectivity index is 2.27. The zero-order valence-corrected chi connectivity index (χ0v) is 13.6. The second-order valence-electron chi connectivity index (χ2n) is 4.38. The van der Waals surface area contributed by atoms with Gasteiger partial charge in [-0.3, -0.25) is 0 Å². The molecule has 1 aromatic heterocycles. The fourth-order valence-electron chi connectivity index (χ4n) is 1.88. The summed E-state index contributed by atoms with van der Waals surface area (Å²) in [4.78, 5) is 1.10.